The Morgan fingerprint density at radius 1 is 0.505 bits per heavy atom. The van der Waals surface area contributed by atoms with Gasteiger partial charge in [-0.15, -0.1) is 20.4 Å². The fourth-order valence-electron chi connectivity index (χ4n) is 10.8. The molecule has 0 saturated carbocycles. The molecule has 6 aromatic carbocycles. The van der Waals surface area contributed by atoms with Gasteiger partial charge in [0.2, 0.25) is 11.6 Å². The third-order valence-corrected chi connectivity index (χ3v) is 15.9. The lowest BCUT2D eigenvalue weighted by molar-refractivity contribution is 0.0935. The minimum absolute atomic E-state index is 0.00328. The van der Waals surface area contributed by atoms with Crippen LogP contribution in [0, 0.1) is 0 Å². The topological polar surface area (TPSA) is 286 Å². The van der Waals surface area contributed by atoms with Crippen molar-refractivity contribution in [2.24, 2.45) is 0 Å². The van der Waals surface area contributed by atoms with Crippen molar-refractivity contribution in [3.05, 3.63) is 165 Å². The van der Waals surface area contributed by atoms with Gasteiger partial charge in [0.25, 0.3) is 11.8 Å². The maximum absolute atomic E-state index is 12.8. The van der Waals surface area contributed by atoms with E-state index in [0.29, 0.717) is 69.7 Å². The maximum Gasteiger partial charge on any atom is 0.348 e. The highest BCUT2D eigenvalue weighted by Gasteiger charge is 2.28. The second-order valence-corrected chi connectivity index (χ2v) is 26.9. The Morgan fingerprint density at radius 3 is 1.32 bits per heavy atom. The van der Waals surface area contributed by atoms with Crippen LogP contribution in [-0.2, 0) is 16.4 Å². The molecule has 0 fully saturated rings. The summed E-state index contributed by atoms with van der Waals surface area (Å²) in [6, 6.07) is 33.1. The zero-order valence-corrected chi connectivity index (χ0v) is 56.5. The van der Waals surface area contributed by atoms with E-state index in [1.807, 2.05) is 140 Å². The van der Waals surface area contributed by atoms with Gasteiger partial charge in [0.1, 0.15) is 34.5 Å². The highest BCUT2D eigenvalue weighted by Crippen LogP contribution is 2.42. The van der Waals surface area contributed by atoms with Crippen molar-refractivity contribution in [1.82, 2.24) is 59.5 Å². The van der Waals surface area contributed by atoms with Gasteiger partial charge in [0, 0.05) is 65.3 Å². The number of hydrogen-bond donors (Lipinski definition) is 8. The summed E-state index contributed by atoms with van der Waals surface area (Å²) >= 11 is 0. The van der Waals surface area contributed by atoms with Crippen LogP contribution in [0.3, 0.4) is 0 Å². The summed E-state index contributed by atoms with van der Waals surface area (Å²) in [5.41, 5.74) is 8.55. The average Bonchev–Trinajstić information content (AvgIpc) is 1.71. The Morgan fingerprint density at radius 2 is 0.914 bits per heavy atom. The summed E-state index contributed by atoms with van der Waals surface area (Å²) in [5.74, 6) is 1.24. The third kappa shape index (κ3) is 14.6. The summed E-state index contributed by atoms with van der Waals surface area (Å²) in [5, 5.41) is 82.0. The van der Waals surface area contributed by atoms with Crippen molar-refractivity contribution < 1.29 is 39.9 Å². The average molecular weight is 1270 g/mol. The van der Waals surface area contributed by atoms with Crippen LogP contribution in [0.15, 0.2) is 120 Å². The van der Waals surface area contributed by atoms with Crippen LogP contribution in [0.5, 0.6) is 34.5 Å². The number of carbonyl (C=O) groups excluding carboxylic acids is 2. The van der Waals surface area contributed by atoms with Crippen molar-refractivity contribution in [3.8, 4) is 85.7 Å². The number of phenolic OH excluding ortho intramolecular Hbond substituents is 5. The van der Waals surface area contributed by atoms with Crippen molar-refractivity contribution >= 4 is 22.7 Å². The fourth-order valence-corrected chi connectivity index (χ4v) is 10.8. The number of fused-ring (bicyclic) bond motifs is 1. The first-order valence-electron chi connectivity index (χ1n) is 31.2. The molecule has 0 saturated heterocycles. The number of rotatable bonds is 14. The number of benzene rings is 6. The maximum atomic E-state index is 12.8. The van der Waals surface area contributed by atoms with Crippen LogP contribution in [-0.4, -0.2) is 106 Å². The number of phenols is 5. The van der Waals surface area contributed by atoms with Gasteiger partial charge in [-0.1, -0.05) is 107 Å². The van der Waals surface area contributed by atoms with E-state index in [1.54, 1.807) is 27.3 Å². The summed E-state index contributed by atoms with van der Waals surface area (Å²) in [7, 11) is 1.54. The molecule has 0 radical (unpaired) electrons. The van der Waals surface area contributed by atoms with Crippen molar-refractivity contribution in [1.29, 1.82) is 0 Å². The highest BCUT2D eigenvalue weighted by molar-refractivity contribution is 5.93. The van der Waals surface area contributed by atoms with Crippen LogP contribution in [0.25, 0.3) is 62.1 Å². The molecule has 0 atom stereocenters. The second kappa shape index (κ2) is 27.3. The summed E-state index contributed by atoms with van der Waals surface area (Å²) in [6.07, 6.45) is 2.04. The van der Waals surface area contributed by atoms with Gasteiger partial charge in [-0.25, -0.2) is 14.5 Å². The predicted molar refractivity (Wildman–Crippen MR) is 364 cm³/mol. The van der Waals surface area contributed by atoms with E-state index in [-0.39, 0.29) is 92.2 Å². The van der Waals surface area contributed by atoms with Gasteiger partial charge in [-0.3, -0.25) is 18.7 Å². The summed E-state index contributed by atoms with van der Waals surface area (Å²) < 4.78 is 12.5. The van der Waals surface area contributed by atoms with Crippen LogP contribution in [0.4, 0.5) is 0 Å². The summed E-state index contributed by atoms with van der Waals surface area (Å²) in [6.45, 7) is 35.7. The first kappa shape index (κ1) is 68.7. The molecule has 0 spiro atoms. The third-order valence-electron chi connectivity index (χ3n) is 15.9. The number of methoxy groups -OCH3 is 1. The Bertz CT molecular complexity index is 4390. The number of amides is 2. The number of hydrogen-bond acceptors (Lipinski definition) is 14. The molecule has 4 aromatic heterocycles. The molecule has 21 heteroatoms. The van der Waals surface area contributed by atoms with Crippen LogP contribution in [0.2, 0.25) is 0 Å². The summed E-state index contributed by atoms with van der Waals surface area (Å²) in [4.78, 5) is 38.1. The fraction of sp³-hybridized carbons (Fsp3) is 0.361. The SMILES string of the molecule is CC(C)c1cc(-c2n[nH]c(=O)n2-c2ccc3c(ccn3C(C)(C)C)c2)c(O)cc1O.CCNC(=O)c1nnc(-c2cc(C(C)C)c(O)cc2O)n1-c1ccc(C(C)(C)C)cc1.CCNC(=O)c1nnc(-c2cc(C(C)C)c(O)cc2OC)n1-c1ccc(C(C)(C)C)cc1. The van der Waals surface area contributed by atoms with E-state index >= 15 is 0 Å². The Hall–Kier alpha value is -10.2. The van der Waals surface area contributed by atoms with E-state index in [9.17, 15) is 39.9 Å². The molecule has 0 bridgehead atoms. The lowest BCUT2D eigenvalue weighted by Crippen LogP contribution is -2.26. The molecule has 2 amide bonds. The minimum Gasteiger partial charge on any atom is -0.508 e. The van der Waals surface area contributed by atoms with Gasteiger partial charge >= 0.3 is 5.69 Å². The zero-order chi connectivity index (χ0) is 68.3. The molecule has 21 nitrogen and oxygen atoms in total. The largest absolute Gasteiger partial charge is 0.508 e. The number of aromatic nitrogens is 10. The molecule has 0 aliphatic heterocycles. The Balaban J connectivity index is 0.000000179. The Kier molecular flexibility index (Phi) is 20.2. The van der Waals surface area contributed by atoms with Gasteiger partial charge in [-0.05, 0) is 158 Å². The second-order valence-electron chi connectivity index (χ2n) is 26.9. The molecule has 93 heavy (non-hydrogen) atoms. The molecule has 0 aliphatic carbocycles. The normalized spacial score (nSPS) is 11.8. The van der Waals surface area contributed by atoms with Crippen LogP contribution in [0.1, 0.15) is 185 Å². The van der Waals surface area contributed by atoms with Crippen LogP contribution < -0.4 is 21.1 Å². The standard InChI is InChI=1S/C25H32N4O3.C24H30N4O3.C23H26N4O3/c1-8-26-24(31)23-28-27-22(19-13-18(15(2)3)20(30)14-21(19)32-7)29(23)17-11-9-16(10-12-17)25(4,5)6;1-7-25-23(31)22-27-26-21(18-12-17(14(2)3)19(29)13-20(18)30)28(22)16-10-8-15(9-11-16)24(4,5)6;1-13(2)16-11-17(20(29)12-19(16)28)21-24-25-22(30)27(21)15-6-7-18-14(10-15)8-9-26(18)23(3,4)5/h9-15,30H,8H2,1-7H3,(H,26,31);8-14,29-30H,7H2,1-6H3,(H,25,31);6-13,28-29H,1-5H3,(H,25,30). The van der Waals surface area contributed by atoms with E-state index in [4.69, 9.17) is 4.74 Å². The molecular formula is C72H88N12O9. The first-order chi connectivity index (χ1) is 43.7. The minimum atomic E-state index is -0.404. The molecule has 8 N–H and O–H groups in total. The first-order valence-corrected chi connectivity index (χ1v) is 31.2. The number of nitrogens with zero attached hydrogens (tertiary/aromatic N) is 9. The number of nitrogens with one attached hydrogen (secondary N) is 3. The van der Waals surface area contributed by atoms with Crippen molar-refractivity contribution in [2.45, 2.75) is 152 Å². The van der Waals surface area contributed by atoms with Crippen molar-refractivity contribution in [3.63, 3.8) is 0 Å². The van der Waals surface area contributed by atoms with Gasteiger partial charge < -0.3 is 45.5 Å². The van der Waals surface area contributed by atoms with E-state index in [1.165, 1.54) is 29.4 Å². The molecule has 10 aromatic rings. The number of aromatic amines is 1. The number of H-pyrrole nitrogens is 1. The molecule has 0 aliphatic rings. The van der Waals surface area contributed by atoms with Gasteiger partial charge in [0.05, 0.1) is 29.5 Å². The van der Waals surface area contributed by atoms with Gasteiger partial charge in [-0.2, -0.15) is 5.10 Å². The molecule has 0 unspecified atom stereocenters. The van der Waals surface area contributed by atoms with E-state index in [2.05, 4.69) is 108 Å². The predicted octanol–water partition coefficient (Wildman–Crippen LogP) is 13.8. The van der Waals surface area contributed by atoms with E-state index < -0.39 is 5.69 Å². The van der Waals surface area contributed by atoms with Gasteiger partial charge in [0.15, 0.2) is 17.5 Å². The molecule has 490 valence electrons. The van der Waals surface area contributed by atoms with Crippen molar-refractivity contribution in [2.75, 3.05) is 20.2 Å². The number of ether oxygens (including phenoxy) is 1. The highest BCUT2D eigenvalue weighted by atomic mass is 16.5. The molecule has 10 rings (SSSR count). The quantitative estimate of drug-likeness (QED) is 0.0503. The monoisotopic (exact) mass is 1260 g/mol. The number of carbonyl (C=O) groups is 2. The lowest BCUT2D eigenvalue weighted by Gasteiger charge is -2.22. The Labute approximate surface area is 542 Å². The molecule has 4 heterocycles. The smallest absolute Gasteiger partial charge is 0.348 e. The lowest BCUT2D eigenvalue weighted by atomic mass is 9.87. The van der Waals surface area contributed by atoms with E-state index in [0.717, 1.165) is 27.7 Å². The van der Waals surface area contributed by atoms with Crippen LogP contribution >= 0.6 is 0 Å². The molecular weight excluding hydrogens is 1180 g/mol. The zero-order valence-electron chi connectivity index (χ0n) is 56.5. The number of aromatic hydroxyl groups is 5.